The number of nitrogens with zero attached hydrogens (tertiary/aromatic N) is 2. The Morgan fingerprint density at radius 1 is 1.37 bits per heavy atom. The Morgan fingerprint density at radius 2 is 2.00 bits per heavy atom. The molecule has 1 aliphatic heterocycles. The van der Waals surface area contributed by atoms with E-state index >= 15 is 0 Å². The monoisotopic (exact) mass is 346 g/mol. The van der Waals surface area contributed by atoms with E-state index in [0.29, 0.717) is 30.4 Å². The van der Waals surface area contributed by atoms with E-state index < -0.39 is 10.0 Å². The molecule has 1 fully saturated rings. The first-order valence-corrected chi connectivity index (χ1v) is 8.25. The summed E-state index contributed by atoms with van der Waals surface area (Å²) in [6.45, 7) is 2.34. The van der Waals surface area contributed by atoms with E-state index in [1.54, 1.807) is 19.2 Å². The van der Waals surface area contributed by atoms with Gasteiger partial charge in [-0.3, -0.25) is 9.78 Å². The third-order valence-electron chi connectivity index (χ3n) is 3.35. The molecule has 0 aromatic carbocycles. The van der Waals surface area contributed by atoms with Crippen molar-refractivity contribution < 1.29 is 13.2 Å². The number of pyridine rings is 1. The van der Waals surface area contributed by atoms with Crippen LogP contribution in [0.2, 0.25) is 0 Å². The summed E-state index contributed by atoms with van der Waals surface area (Å²) in [7, 11) is -3.50. The van der Waals surface area contributed by atoms with Gasteiger partial charge in [0, 0.05) is 35.9 Å². The highest BCUT2D eigenvalue weighted by Gasteiger charge is 2.31. The Hall–Kier alpha value is -0.790. The zero-order valence-electron chi connectivity index (χ0n) is 10.5. The van der Waals surface area contributed by atoms with Gasteiger partial charge < -0.3 is 0 Å². The van der Waals surface area contributed by atoms with Gasteiger partial charge in [-0.05, 0) is 41.8 Å². The van der Waals surface area contributed by atoms with E-state index in [-0.39, 0.29) is 16.6 Å². The van der Waals surface area contributed by atoms with Gasteiger partial charge in [-0.25, -0.2) is 8.42 Å². The SMILES string of the molecule is CC(=O)C1CCN(S(=O)(=O)c2cncc(Br)c2)CC1. The summed E-state index contributed by atoms with van der Waals surface area (Å²) in [6.07, 6.45) is 4.07. The Bertz CT molecular complexity index is 580. The number of hydrogen-bond acceptors (Lipinski definition) is 4. The molecule has 1 saturated heterocycles. The molecule has 0 radical (unpaired) electrons. The molecule has 7 heteroatoms. The number of hydrogen-bond donors (Lipinski definition) is 0. The van der Waals surface area contributed by atoms with Crippen LogP contribution in [0.15, 0.2) is 27.8 Å². The first-order chi connectivity index (χ1) is 8.91. The number of halogens is 1. The number of piperidine rings is 1. The van der Waals surface area contributed by atoms with Gasteiger partial charge in [0.15, 0.2) is 0 Å². The zero-order valence-corrected chi connectivity index (χ0v) is 12.9. The van der Waals surface area contributed by atoms with Crippen LogP contribution in [0, 0.1) is 5.92 Å². The number of rotatable bonds is 3. The highest BCUT2D eigenvalue weighted by Crippen LogP contribution is 2.25. The summed E-state index contributed by atoms with van der Waals surface area (Å²) in [5.74, 6) is 0.133. The van der Waals surface area contributed by atoms with Crippen molar-refractivity contribution in [3.05, 3.63) is 22.9 Å². The van der Waals surface area contributed by atoms with Crippen LogP contribution in [0.25, 0.3) is 0 Å². The lowest BCUT2D eigenvalue weighted by Gasteiger charge is -2.29. The van der Waals surface area contributed by atoms with Crippen molar-refractivity contribution in [1.29, 1.82) is 0 Å². The molecule has 2 rings (SSSR count). The second kappa shape index (κ2) is 5.68. The van der Waals surface area contributed by atoms with Gasteiger partial charge in [-0.15, -0.1) is 0 Å². The normalized spacial score (nSPS) is 18.4. The van der Waals surface area contributed by atoms with Gasteiger partial charge in [0.25, 0.3) is 0 Å². The number of Topliss-reactive ketones (excluding diaryl/α,β-unsaturated/α-hetero) is 1. The molecule has 0 bridgehead atoms. The van der Waals surface area contributed by atoms with Gasteiger partial charge in [0.1, 0.15) is 10.7 Å². The molecule has 0 spiro atoms. The quantitative estimate of drug-likeness (QED) is 0.837. The molecule has 0 atom stereocenters. The standard InChI is InChI=1S/C12H15BrN2O3S/c1-9(16)10-2-4-15(5-3-10)19(17,18)12-6-11(13)7-14-8-12/h6-8,10H,2-5H2,1H3. The molecule has 5 nitrogen and oxygen atoms in total. The molecule has 0 saturated carbocycles. The molecule has 1 aromatic heterocycles. The van der Waals surface area contributed by atoms with Crippen LogP contribution in [0.5, 0.6) is 0 Å². The van der Waals surface area contributed by atoms with Gasteiger partial charge in [-0.1, -0.05) is 0 Å². The van der Waals surface area contributed by atoms with Gasteiger partial charge in [0.05, 0.1) is 0 Å². The minimum absolute atomic E-state index is 0.00733. The largest absolute Gasteiger partial charge is 0.300 e. The molecule has 0 aliphatic carbocycles. The van der Waals surface area contributed by atoms with Crippen LogP contribution in [0.3, 0.4) is 0 Å². The summed E-state index contributed by atoms with van der Waals surface area (Å²) in [5, 5.41) is 0. The second-order valence-corrected chi connectivity index (χ2v) is 7.48. The number of ketones is 1. The van der Waals surface area contributed by atoms with Crippen molar-refractivity contribution in [2.75, 3.05) is 13.1 Å². The second-order valence-electron chi connectivity index (χ2n) is 4.63. The Balaban J connectivity index is 2.16. The zero-order chi connectivity index (χ0) is 14.0. The summed E-state index contributed by atoms with van der Waals surface area (Å²) < 4.78 is 26.9. The van der Waals surface area contributed by atoms with Gasteiger partial charge >= 0.3 is 0 Å². The van der Waals surface area contributed by atoms with Gasteiger partial charge in [-0.2, -0.15) is 4.31 Å². The van der Waals surface area contributed by atoms with Crippen LogP contribution < -0.4 is 0 Å². The van der Waals surface area contributed by atoms with E-state index in [0.717, 1.165) is 0 Å². The third kappa shape index (κ3) is 3.21. The fraction of sp³-hybridized carbons (Fsp3) is 0.500. The predicted octanol–water partition coefficient (Wildman–Crippen LogP) is 1.83. The average Bonchev–Trinajstić information content (AvgIpc) is 2.39. The lowest BCUT2D eigenvalue weighted by atomic mass is 9.95. The molecule has 104 valence electrons. The van der Waals surface area contributed by atoms with Crippen molar-refractivity contribution in [1.82, 2.24) is 9.29 Å². The van der Waals surface area contributed by atoms with Crippen LogP contribution in [0.4, 0.5) is 0 Å². The van der Waals surface area contributed by atoms with E-state index in [2.05, 4.69) is 20.9 Å². The minimum atomic E-state index is -3.50. The molecule has 0 amide bonds. The van der Waals surface area contributed by atoms with E-state index in [9.17, 15) is 13.2 Å². The average molecular weight is 347 g/mol. The number of carbonyl (C=O) groups is 1. The highest BCUT2D eigenvalue weighted by molar-refractivity contribution is 9.10. The summed E-state index contributed by atoms with van der Waals surface area (Å²) in [6, 6.07) is 1.54. The molecule has 0 N–H and O–H groups in total. The molecular formula is C12H15BrN2O3S. The number of sulfonamides is 1. The van der Waals surface area contributed by atoms with Crippen molar-refractivity contribution in [2.45, 2.75) is 24.7 Å². The van der Waals surface area contributed by atoms with Crippen LogP contribution in [0.1, 0.15) is 19.8 Å². The maximum Gasteiger partial charge on any atom is 0.244 e. The topological polar surface area (TPSA) is 67.3 Å². The summed E-state index contributed by atoms with van der Waals surface area (Å²) in [5.41, 5.74) is 0. The molecular weight excluding hydrogens is 332 g/mol. The predicted molar refractivity (Wildman–Crippen MR) is 74.1 cm³/mol. The van der Waals surface area contributed by atoms with Crippen molar-refractivity contribution in [2.24, 2.45) is 5.92 Å². The van der Waals surface area contributed by atoms with Crippen molar-refractivity contribution in [3.63, 3.8) is 0 Å². The van der Waals surface area contributed by atoms with Gasteiger partial charge in [0.2, 0.25) is 10.0 Å². The Labute approximate surface area is 121 Å². The molecule has 1 aliphatic rings. The fourth-order valence-electron chi connectivity index (χ4n) is 2.19. The lowest BCUT2D eigenvalue weighted by Crippen LogP contribution is -2.39. The summed E-state index contributed by atoms with van der Waals surface area (Å²) >= 11 is 3.22. The Morgan fingerprint density at radius 3 is 2.53 bits per heavy atom. The van der Waals surface area contributed by atoms with E-state index in [1.807, 2.05) is 0 Å². The highest BCUT2D eigenvalue weighted by atomic mass is 79.9. The number of aromatic nitrogens is 1. The maximum atomic E-state index is 12.4. The fourth-order valence-corrected chi connectivity index (χ4v) is 4.16. The van der Waals surface area contributed by atoms with Crippen LogP contribution in [-0.4, -0.2) is 36.6 Å². The van der Waals surface area contributed by atoms with E-state index in [1.165, 1.54) is 10.5 Å². The van der Waals surface area contributed by atoms with Crippen LogP contribution in [-0.2, 0) is 14.8 Å². The molecule has 19 heavy (non-hydrogen) atoms. The first-order valence-electron chi connectivity index (χ1n) is 6.02. The molecule has 0 unspecified atom stereocenters. The number of carbonyl (C=O) groups excluding carboxylic acids is 1. The summed E-state index contributed by atoms with van der Waals surface area (Å²) in [4.78, 5) is 15.4. The van der Waals surface area contributed by atoms with Crippen LogP contribution >= 0.6 is 15.9 Å². The van der Waals surface area contributed by atoms with Crippen molar-refractivity contribution >= 4 is 31.7 Å². The smallest absolute Gasteiger partial charge is 0.244 e. The first kappa shape index (κ1) is 14.6. The molecule has 1 aromatic rings. The maximum absolute atomic E-state index is 12.4. The Kier molecular flexibility index (Phi) is 4.37. The third-order valence-corrected chi connectivity index (χ3v) is 5.64. The molecule has 2 heterocycles. The lowest BCUT2D eigenvalue weighted by molar-refractivity contribution is -0.121. The van der Waals surface area contributed by atoms with Crippen molar-refractivity contribution in [3.8, 4) is 0 Å². The van der Waals surface area contributed by atoms with E-state index in [4.69, 9.17) is 0 Å². The minimum Gasteiger partial charge on any atom is -0.300 e.